The predicted molar refractivity (Wildman–Crippen MR) is 125 cm³/mol. The van der Waals surface area contributed by atoms with Crippen molar-refractivity contribution < 1.29 is 16.8 Å². The summed E-state index contributed by atoms with van der Waals surface area (Å²) in [5.41, 5.74) is 0.829. The molecule has 12 heteroatoms. The van der Waals surface area contributed by atoms with E-state index in [0.29, 0.717) is 10.8 Å². The van der Waals surface area contributed by atoms with E-state index in [1.54, 1.807) is 44.2 Å². The van der Waals surface area contributed by atoms with Crippen LogP contribution in [0.2, 0.25) is 5.02 Å². The molecule has 0 atom stereocenters. The maximum Gasteiger partial charge on any atom is 0.240 e. The first-order valence-corrected chi connectivity index (χ1v) is 12.9. The Labute approximate surface area is 192 Å². The lowest BCUT2D eigenvalue weighted by Gasteiger charge is -2.16. The van der Waals surface area contributed by atoms with Crippen LogP contribution in [0.4, 0.5) is 23.0 Å². The van der Waals surface area contributed by atoms with Crippen LogP contribution in [-0.2, 0) is 19.9 Å². The number of nitrogens with one attached hydrogen (secondary N) is 3. The van der Waals surface area contributed by atoms with E-state index in [0.717, 1.165) is 5.69 Å². The number of sulfonamides is 1. The van der Waals surface area contributed by atoms with Crippen molar-refractivity contribution in [3.63, 3.8) is 0 Å². The number of rotatable bonds is 8. The highest BCUT2D eigenvalue weighted by molar-refractivity contribution is 7.92. The van der Waals surface area contributed by atoms with Crippen molar-refractivity contribution in [2.75, 3.05) is 17.7 Å². The molecule has 0 fully saturated rings. The zero-order valence-electron chi connectivity index (χ0n) is 17.5. The Morgan fingerprint density at radius 1 is 0.875 bits per heavy atom. The maximum atomic E-state index is 12.8. The number of anilines is 4. The number of sulfone groups is 1. The molecule has 1 aromatic heterocycles. The second-order valence-corrected chi connectivity index (χ2v) is 11.8. The Balaban J connectivity index is 2.01. The largest absolute Gasteiger partial charge is 0.340 e. The van der Waals surface area contributed by atoms with Gasteiger partial charge in [0.2, 0.25) is 10.0 Å². The third-order valence-corrected chi connectivity index (χ3v) is 8.38. The summed E-state index contributed by atoms with van der Waals surface area (Å²) in [5, 5.41) is 5.90. The molecule has 170 valence electrons. The van der Waals surface area contributed by atoms with Crippen LogP contribution in [0, 0.1) is 0 Å². The van der Waals surface area contributed by atoms with E-state index in [1.165, 1.54) is 31.6 Å². The summed E-state index contributed by atoms with van der Waals surface area (Å²) in [4.78, 5) is 8.16. The quantitative estimate of drug-likeness (QED) is 0.431. The molecule has 3 rings (SSSR count). The van der Waals surface area contributed by atoms with Crippen molar-refractivity contribution in [1.29, 1.82) is 0 Å². The van der Waals surface area contributed by atoms with Gasteiger partial charge in [-0.2, -0.15) is 0 Å². The Hall–Kier alpha value is -2.73. The van der Waals surface area contributed by atoms with E-state index in [2.05, 4.69) is 25.3 Å². The molecule has 0 unspecified atom stereocenters. The second kappa shape index (κ2) is 9.41. The van der Waals surface area contributed by atoms with Crippen LogP contribution in [0.3, 0.4) is 0 Å². The van der Waals surface area contributed by atoms with Gasteiger partial charge in [-0.3, -0.25) is 0 Å². The second-order valence-electron chi connectivity index (χ2n) is 7.00. The summed E-state index contributed by atoms with van der Waals surface area (Å²) in [5.74, 6) is 0.716. The van der Waals surface area contributed by atoms with Gasteiger partial charge in [0.05, 0.1) is 20.7 Å². The van der Waals surface area contributed by atoms with Crippen molar-refractivity contribution in [2.24, 2.45) is 0 Å². The average molecular weight is 496 g/mol. The first kappa shape index (κ1) is 23.9. The van der Waals surface area contributed by atoms with E-state index < -0.39 is 25.1 Å². The van der Waals surface area contributed by atoms with Gasteiger partial charge >= 0.3 is 0 Å². The normalized spacial score (nSPS) is 12.0. The summed E-state index contributed by atoms with van der Waals surface area (Å²) in [7, 11) is -6.22. The lowest BCUT2D eigenvalue weighted by Crippen LogP contribution is -2.20. The molecule has 0 saturated carbocycles. The molecule has 9 nitrogen and oxygen atoms in total. The molecule has 3 aromatic rings. The number of hydrogen-bond donors (Lipinski definition) is 3. The third kappa shape index (κ3) is 5.36. The van der Waals surface area contributed by atoms with Gasteiger partial charge in [-0.15, -0.1) is 0 Å². The summed E-state index contributed by atoms with van der Waals surface area (Å²) >= 11 is 5.90. The molecular weight excluding hydrogens is 474 g/mol. The number of nitrogens with zero attached hydrogens (tertiary/aromatic N) is 2. The van der Waals surface area contributed by atoms with Crippen molar-refractivity contribution in [1.82, 2.24) is 14.7 Å². The highest BCUT2D eigenvalue weighted by atomic mass is 35.5. The van der Waals surface area contributed by atoms with Crippen molar-refractivity contribution >= 4 is 54.5 Å². The van der Waals surface area contributed by atoms with Gasteiger partial charge in [-0.25, -0.2) is 31.5 Å². The first-order chi connectivity index (χ1) is 15.0. The van der Waals surface area contributed by atoms with E-state index in [9.17, 15) is 16.8 Å². The van der Waals surface area contributed by atoms with E-state index >= 15 is 0 Å². The fraction of sp³-hybridized carbons (Fsp3) is 0.200. The minimum absolute atomic E-state index is 0.0339. The molecule has 32 heavy (non-hydrogen) atoms. The standard InChI is InChI=1S/C20H22ClN5O4S2/c1-13(2)31(27,28)18-9-8-16(32(29,30)22-3)10-17(18)26-20-11-19(23-12-24-20)25-15-6-4-14(21)5-7-15/h4-13,22H,1-3H3,(H2,23,24,25,26). The van der Waals surface area contributed by atoms with Crippen LogP contribution >= 0.6 is 11.6 Å². The van der Waals surface area contributed by atoms with Gasteiger partial charge in [0.25, 0.3) is 0 Å². The van der Waals surface area contributed by atoms with Gasteiger partial charge in [-0.05, 0) is 63.4 Å². The molecular formula is C20H22ClN5O4S2. The lowest BCUT2D eigenvalue weighted by molar-refractivity contribution is 0.584. The van der Waals surface area contributed by atoms with Gasteiger partial charge in [0.1, 0.15) is 18.0 Å². The molecule has 0 spiro atoms. The summed E-state index contributed by atoms with van der Waals surface area (Å²) in [6, 6.07) is 12.3. The summed E-state index contributed by atoms with van der Waals surface area (Å²) < 4.78 is 52.4. The molecule has 3 N–H and O–H groups in total. The van der Waals surface area contributed by atoms with E-state index in [-0.39, 0.29) is 21.3 Å². The van der Waals surface area contributed by atoms with E-state index in [4.69, 9.17) is 11.6 Å². The fourth-order valence-electron chi connectivity index (χ4n) is 2.71. The van der Waals surface area contributed by atoms with Crippen LogP contribution in [0.15, 0.2) is 64.6 Å². The van der Waals surface area contributed by atoms with Gasteiger partial charge < -0.3 is 10.6 Å². The minimum atomic E-state index is -3.79. The van der Waals surface area contributed by atoms with Crippen LogP contribution in [0.1, 0.15) is 13.8 Å². The Bertz CT molecular complexity index is 1330. The van der Waals surface area contributed by atoms with Crippen molar-refractivity contribution in [3.8, 4) is 0 Å². The van der Waals surface area contributed by atoms with Crippen molar-refractivity contribution in [3.05, 3.63) is 59.9 Å². The van der Waals surface area contributed by atoms with Crippen LogP contribution in [0.5, 0.6) is 0 Å². The molecule has 0 aliphatic heterocycles. The SMILES string of the molecule is CNS(=O)(=O)c1ccc(S(=O)(=O)C(C)C)c(Nc2cc(Nc3ccc(Cl)cc3)ncn2)c1. The molecule has 0 bridgehead atoms. The van der Waals surface area contributed by atoms with Gasteiger partial charge in [0.15, 0.2) is 9.84 Å². The third-order valence-electron chi connectivity index (χ3n) is 4.50. The lowest BCUT2D eigenvalue weighted by atomic mass is 10.3. The van der Waals surface area contributed by atoms with Crippen molar-refractivity contribution in [2.45, 2.75) is 28.9 Å². The summed E-state index contributed by atoms with van der Waals surface area (Å²) in [6.45, 7) is 3.10. The topological polar surface area (TPSA) is 130 Å². The predicted octanol–water partition coefficient (Wildman–Crippen LogP) is 3.71. The molecule has 1 heterocycles. The van der Waals surface area contributed by atoms with E-state index in [1.807, 2.05) is 0 Å². The molecule has 0 amide bonds. The highest BCUT2D eigenvalue weighted by Gasteiger charge is 2.25. The number of halogens is 1. The Kier molecular flexibility index (Phi) is 7.03. The molecule has 0 aliphatic carbocycles. The zero-order valence-corrected chi connectivity index (χ0v) is 19.9. The Morgan fingerprint density at radius 3 is 2.09 bits per heavy atom. The minimum Gasteiger partial charge on any atom is -0.340 e. The highest BCUT2D eigenvalue weighted by Crippen LogP contribution is 2.30. The molecule has 0 saturated heterocycles. The molecule has 0 radical (unpaired) electrons. The fourth-order valence-corrected chi connectivity index (χ4v) is 4.77. The number of benzene rings is 2. The van der Waals surface area contributed by atoms with Crippen LogP contribution < -0.4 is 15.4 Å². The molecule has 0 aliphatic rings. The molecule has 2 aromatic carbocycles. The summed E-state index contributed by atoms with van der Waals surface area (Å²) in [6.07, 6.45) is 1.30. The Morgan fingerprint density at radius 2 is 1.50 bits per heavy atom. The van der Waals surface area contributed by atoms with Gasteiger partial charge in [-0.1, -0.05) is 11.6 Å². The number of hydrogen-bond acceptors (Lipinski definition) is 8. The maximum absolute atomic E-state index is 12.8. The number of aromatic nitrogens is 2. The van der Waals surface area contributed by atoms with Gasteiger partial charge in [0, 0.05) is 16.8 Å². The first-order valence-electron chi connectivity index (χ1n) is 9.46. The zero-order chi connectivity index (χ0) is 23.5. The van der Waals surface area contributed by atoms with Crippen LogP contribution in [-0.4, -0.2) is 39.1 Å². The average Bonchev–Trinajstić information content (AvgIpc) is 2.75. The van der Waals surface area contributed by atoms with Crippen LogP contribution in [0.25, 0.3) is 0 Å². The monoisotopic (exact) mass is 495 g/mol. The smallest absolute Gasteiger partial charge is 0.240 e.